The van der Waals surface area contributed by atoms with Gasteiger partial charge in [0.2, 0.25) is 5.78 Å². The molecule has 10 saturated carbocycles. The molecule has 0 heterocycles. The zero-order valence-corrected chi connectivity index (χ0v) is 74.7. The molecule has 11 rings (SSSR count). The molecule has 8 bridgehead atoms. The molecule has 0 N–H and O–H groups in total. The number of hydrogen-bond acceptors (Lipinski definition) is 22. The van der Waals surface area contributed by atoms with Crippen LogP contribution in [0.2, 0.25) is 0 Å². The van der Waals surface area contributed by atoms with Gasteiger partial charge < -0.3 is 47.4 Å². The molecule has 1 aromatic carbocycles. The van der Waals surface area contributed by atoms with Gasteiger partial charge in [0.15, 0.2) is 6.61 Å². The van der Waals surface area contributed by atoms with Gasteiger partial charge in [-0.2, -0.15) is 52.7 Å². The Morgan fingerprint density at radius 2 is 0.738 bits per heavy atom. The molecule has 34 heteroatoms. The maximum atomic E-state index is 12.5. The topological polar surface area (TPSA) is 297 Å². The number of carbonyl (C=O) groups excluding carboxylic acids is 12. The maximum absolute atomic E-state index is 12.5. The Morgan fingerprint density at radius 3 is 1.08 bits per heavy atom. The molecule has 0 unspecified atom stereocenters. The van der Waals surface area contributed by atoms with Gasteiger partial charge in [0.1, 0.15) is 73.2 Å². The van der Waals surface area contributed by atoms with Gasteiger partial charge in [0.05, 0.1) is 11.1 Å². The zero-order chi connectivity index (χ0) is 96.8. The minimum atomic E-state index is -5.06. The number of ether oxygens (including phenoxy) is 10. The lowest BCUT2D eigenvalue weighted by atomic mass is 9.49. The van der Waals surface area contributed by atoms with Crippen molar-refractivity contribution in [3.8, 4) is 5.75 Å². The van der Waals surface area contributed by atoms with E-state index in [2.05, 4.69) is 94.9 Å². The number of Topliss-reactive ketones (excluding diaryl/α,β-unsaturated/α-hetero) is 2. The summed E-state index contributed by atoms with van der Waals surface area (Å²) in [5.41, 5.74) is -1.78. The van der Waals surface area contributed by atoms with E-state index in [0.29, 0.717) is 64.0 Å². The van der Waals surface area contributed by atoms with Gasteiger partial charge in [-0.3, -0.25) is 19.2 Å². The third-order valence-corrected chi connectivity index (χ3v) is 22.5. The highest BCUT2D eigenvalue weighted by atomic mass is 19.4. The minimum Gasteiger partial charge on any atom is -0.462 e. The molecule has 0 aliphatic heterocycles. The molecule has 708 valence electrons. The Balaban J connectivity index is 0.000000491. The number of rotatable bonds is 26. The second-order valence-electron chi connectivity index (χ2n) is 34.5. The van der Waals surface area contributed by atoms with E-state index in [4.69, 9.17) is 18.9 Å². The molecule has 10 aliphatic carbocycles. The third-order valence-electron chi connectivity index (χ3n) is 22.5. The average molecular weight is 1810 g/mol. The summed E-state index contributed by atoms with van der Waals surface area (Å²) < 4.78 is 193. The number of hydrogen-bond donors (Lipinski definition) is 0. The SMILES string of the molecule is C=C(C)C(=O)OC(C)(C)C1CCCCC1.C=C(C)C(=O)OC1(C)C2CC3CC(C2)CC1C3.C=C(C)C(=O)OC1(C)CCCC1.C=C(C)C(=O)OC1(CC)C2CC3CC(C2)CC1C3.C=C(C)C(=O)OCC(F)(F)F.C=C(C)C(=O)OCCOC(=O)CC(=O)C(F)(F)F.C=C(C)C(=O)OCCOC(=O)CC(C)=O.C=C(C)C(=O)Oc1cc(C(F)(F)F)cc(C(F)(F)F)c1. The summed E-state index contributed by atoms with van der Waals surface area (Å²) in [6, 6.07) is 0.574. The summed E-state index contributed by atoms with van der Waals surface area (Å²) in [5, 5.41) is 0. The molecule has 0 saturated heterocycles. The molecule has 0 aromatic heterocycles. The van der Waals surface area contributed by atoms with E-state index < -0.39 is 103 Å². The molecule has 0 radical (unpaired) electrons. The summed E-state index contributed by atoms with van der Waals surface area (Å²) >= 11 is 0. The van der Waals surface area contributed by atoms with Crippen molar-refractivity contribution in [2.45, 2.75) is 285 Å². The largest absolute Gasteiger partial charge is 0.462 e. The number of ketones is 2. The normalized spacial score (nSPS) is 22.4. The van der Waals surface area contributed by atoms with Crippen molar-refractivity contribution >= 4 is 71.3 Å². The minimum absolute atomic E-state index is 0.0324. The standard InChI is InChI=1S/C16H24O2.C15H22O2.C13H22O2.C12H8F6O2.C10H11F3O5.C10H14O5.C10H16O2.C6H7F3O2/c1-4-16(18-15(17)10(2)3)13-6-11-5-12(8-13)9-14(16)7-11;1-9(2)14(16)17-15(3)12-5-10-4-11(7-12)8-13(15)6-10;1-10(2)12(14)15-13(3,4)11-8-6-5-7-9-11;1-6(2)10(19)20-9-4-7(11(13,14)15)3-8(5-9)12(16,17)18;1-6(2)9(16)18-4-3-17-8(15)5-7(14)10(11,12)13;1-7(2)10(13)15-5-4-14-9(12)6-8(3)11;1-8(2)9(11)12-10(3)6-4-5-7-10;1-4(2)5(10)11-3-6(7,8)9/h11-14H,2,4-9H2,1,3H3;10-13H,1,4-8H2,2-3H3;11H,1,5-9H2,2-4H3;3-5H,1H2,2H3;1,3-5H2,2H3;1,4-6H2,2-3H3;1,4-7H2,2-3H3;1,3H2,2H3. The highest BCUT2D eigenvalue weighted by molar-refractivity contribution is 5.98. The van der Waals surface area contributed by atoms with Crippen LogP contribution in [0.1, 0.15) is 249 Å². The van der Waals surface area contributed by atoms with Crippen molar-refractivity contribution in [1.29, 1.82) is 0 Å². The predicted molar refractivity (Wildman–Crippen MR) is 440 cm³/mol. The fraction of sp³-hybridized carbons (Fsp3) is 0.630. The number of halogens is 12. The van der Waals surface area contributed by atoms with Crippen molar-refractivity contribution in [3.05, 3.63) is 127 Å². The van der Waals surface area contributed by atoms with Crippen LogP contribution < -0.4 is 4.74 Å². The quantitative estimate of drug-likeness (QED) is 0.0158. The van der Waals surface area contributed by atoms with Crippen molar-refractivity contribution in [1.82, 2.24) is 0 Å². The van der Waals surface area contributed by atoms with Crippen LogP contribution in [0.3, 0.4) is 0 Å². The van der Waals surface area contributed by atoms with Gasteiger partial charge in [0, 0.05) is 44.6 Å². The highest BCUT2D eigenvalue weighted by Gasteiger charge is 2.60. The van der Waals surface area contributed by atoms with E-state index in [-0.39, 0.29) is 107 Å². The van der Waals surface area contributed by atoms with Crippen LogP contribution in [0.4, 0.5) is 52.7 Å². The van der Waals surface area contributed by atoms with Gasteiger partial charge >= 0.3 is 84.4 Å². The Morgan fingerprint density at radius 1 is 0.397 bits per heavy atom. The van der Waals surface area contributed by atoms with Gasteiger partial charge in [0.25, 0.3) is 0 Å². The van der Waals surface area contributed by atoms with E-state index in [1.54, 1.807) is 27.7 Å². The van der Waals surface area contributed by atoms with Crippen LogP contribution >= 0.6 is 0 Å². The third kappa shape index (κ3) is 38.9. The van der Waals surface area contributed by atoms with Gasteiger partial charge in [-0.1, -0.05) is 78.8 Å². The first kappa shape index (κ1) is 112. The second kappa shape index (κ2) is 49.6. The summed E-state index contributed by atoms with van der Waals surface area (Å²) in [7, 11) is 0. The molecular weight excluding hydrogens is 1680 g/mol. The molecule has 22 nitrogen and oxygen atoms in total. The monoisotopic (exact) mass is 1810 g/mol. The summed E-state index contributed by atoms with van der Waals surface area (Å²) in [4.78, 5) is 132. The number of carbonyl (C=O) groups is 12. The molecule has 1 aromatic rings. The summed E-state index contributed by atoms with van der Waals surface area (Å²) in [5.74, 6) is -2.93. The average Bonchev–Trinajstić information content (AvgIpc) is 0.867. The Hall–Kier alpha value is -9.66. The summed E-state index contributed by atoms with van der Waals surface area (Å²) in [6.07, 6.45) is 3.40. The van der Waals surface area contributed by atoms with Crippen LogP contribution in [0.15, 0.2) is 115 Å². The maximum Gasteiger partial charge on any atom is 0.450 e. The first-order valence-electron chi connectivity index (χ1n) is 41.5. The highest BCUT2D eigenvalue weighted by Crippen LogP contribution is 2.62. The van der Waals surface area contributed by atoms with Crippen LogP contribution in [-0.4, -0.2) is 139 Å². The fourth-order valence-corrected chi connectivity index (χ4v) is 16.2. The van der Waals surface area contributed by atoms with Gasteiger partial charge in [-0.25, -0.2) is 38.4 Å². The first-order valence-corrected chi connectivity index (χ1v) is 41.5. The van der Waals surface area contributed by atoms with E-state index in [9.17, 15) is 110 Å². The summed E-state index contributed by atoms with van der Waals surface area (Å²) in [6.45, 7) is 49.1. The first-order chi connectivity index (χ1) is 57.8. The van der Waals surface area contributed by atoms with Gasteiger partial charge in [-0.15, -0.1) is 0 Å². The second-order valence-corrected chi connectivity index (χ2v) is 34.5. The molecule has 0 atom stereocenters. The Labute approximate surface area is 729 Å². The van der Waals surface area contributed by atoms with E-state index in [1.165, 1.54) is 144 Å². The Kier molecular flexibility index (Phi) is 44.3. The van der Waals surface area contributed by atoms with Crippen LogP contribution in [0, 0.1) is 53.3 Å². The van der Waals surface area contributed by atoms with Crippen LogP contribution in [0.25, 0.3) is 0 Å². The van der Waals surface area contributed by atoms with Crippen LogP contribution in [-0.2, 0) is 113 Å². The van der Waals surface area contributed by atoms with Crippen molar-refractivity contribution in [2.24, 2.45) is 53.3 Å². The van der Waals surface area contributed by atoms with Crippen LogP contribution in [0.5, 0.6) is 5.75 Å². The smallest absolute Gasteiger partial charge is 0.450 e. The lowest BCUT2D eigenvalue weighted by Crippen LogP contribution is -2.59. The predicted octanol–water partition coefficient (Wildman–Crippen LogP) is 20.6. The molecule has 126 heavy (non-hydrogen) atoms. The molecule has 0 amide bonds. The lowest BCUT2D eigenvalue weighted by molar-refractivity contribution is -0.207. The molecular formula is C92H124F12O22. The Bertz CT molecular complexity index is 4000. The molecule has 0 spiro atoms. The fourth-order valence-electron chi connectivity index (χ4n) is 16.2. The number of benzene rings is 1. The van der Waals surface area contributed by atoms with Crippen molar-refractivity contribution in [2.75, 3.05) is 33.0 Å². The lowest BCUT2D eigenvalue weighted by Gasteiger charge is -2.60. The molecule has 10 fully saturated rings. The van der Waals surface area contributed by atoms with Crippen molar-refractivity contribution in [3.63, 3.8) is 0 Å². The molecule has 10 aliphatic rings. The number of alkyl halides is 12. The van der Waals surface area contributed by atoms with E-state index >= 15 is 0 Å². The van der Waals surface area contributed by atoms with E-state index in [1.807, 2.05) is 20.8 Å². The zero-order valence-electron chi connectivity index (χ0n) is 74.7. The van der Waals surface area contributed by atoms with Crippen molar-refractivity contribution < 1.29 is 158 Å². The van der Waals surface area contributed by atoms with E-state index in [0.717, 1.165) is 42.9 Å². The number of esters is 10. The van der Waals surface area contributed by atoms with Gasteiger partial charge in [-0.05, 0) is 271 Å².